The van der Waals surface area contributed by atoms with Crippen molar-refractivity contribution < 1.29 is 14.7 Å². The number of nitrogens with zero attached hydrogens (tertiary/aromatic N) is 3. The molecule has 1 N–H and O–H groups in total. The van der Waals surface area contributed by atoms with Crippen LogP contribution in [0.1, 0.15) is 53.9 Å². The highest BCUT2D eigenvalue weighted by atomic mass is 16.3. The number of aliphatic hydroxyl groups is 1. The second-order valence-electron chi connectivity index (χ2n) is 10.6. The number of amides is 2. The van der Waals surface area contributed by atoms with Crippen LogP contribution in [0.4, 0.5) is 0 Å². The Morgan fingerprint density at radius 3 is 2.11 bits per heavy atom. The van der Waals surface area contributed by atoms with Crippen LogP contribution in [0.5, 0.6) is 0 Å². The summed E-state index contributed by atoms with van der Waals surface area (Å²) in [5.41, 5.74) is 4.09. The fourth-order valence-corrected chi connectivity index (χ4v) is 6.02. The van der Waals surface area contributed by atoms with Gasteiger partial charge in [-0.25, -0.2) is 0 Å². The number of hydrogen-bond acceptors (Lipinski definition) is 4. The van der Waals surface area contributed by atoms with Gasteiger partial charge in [0.2, 0.25) is 5.91 Å². The molecule has 6 heteroatoms. The summed E-state index contributed by atoms with van der Waals surface area (Å²) >= 11 is 0. The molecule has 0 bridgehead atoms. The Balaban J connectivity index is 1.33. The van der Waals surface area contributed by atoms with E-state index in [4.69, 9.17) is 0 Å². The van der Waals surface area contributed by atoms with E-state index in [0.29, 0.717) is 11.5 Å². The van der Waals surface area contributed by atoms with Gasteiger partial charge in [-0.3, -0.25) is 14.5 Å². The summed E-state index contributed by atoms with van der Waals surface area (Å²) in [7, 11) is 3.52. The molecule has 3 aliphatic rings. The molecular formula is C29H37N3O3. The van der Waals surface area contributed by atoms with E-state index in [2.05, 4.69) is 34.1 Å². The predicted octanol–water partition coefficient (Wildman–Crippen LogP) is 3.61. The van der Waals surface area contributed by atoms with Crippen molar-refractivity contribution in [2.75, 3.05) is 40.3 Å². The molecule has 6 nitrogen and oxygen atoms in total. The summed E-state index contributed by atoms with van der Waals surface area (Å²) in [5, 5.41) is 10.2. The van der Waals surface area contributed by atoms with Crippen LogP contribution in [0, 0.1) is 5.92 Å². The average molecular weight is 476 g/mol. The first-order chi connectivity index (χ1) is 17.0. The molecule has 5 rings (SSSR count). The lowest BCUT2D eigenvalue weighted by molar-refractivity contribution is -0.143. The summed E-state index contributed by atoms with van der Waals surface area (Å²) in [6, 6.07) is 16.7. The van der Waals surface area contributed by atoms with E-state index in [1.54, 1.807) is 19.0 Å². The highest BCUT2D eigenvalue weighted by Crippen LogP contribution is 2.43. The average Bonchev–Trinajstić information content (AvgIpc) is 2.82. The Kier molecular flexibility index (Phi) is 6.94. The van der Waals surface area contributed by atoms with Crippen molar-refractivity contribution in [3.05, 3.63) is 59.7 Å². The molecule has 35 heavy (non-hydrogen) atoms. The van der Waals surface area contributed by atoms with Gasteiger partial charge in [0, 0.05) is 56.7 Å². The molecule has 2 heterocycles. The Morgan fingerprint density at radius 2 is 1.54 bits per heavy atom. The number of carbonyl (C=O) groups is 2. The molecular weight excluding hydrogens is 438 g/mol. The summed E-state index contributed by atoms with van der Waals surface area (Å²) < 4.78 is 0. The third kappa shape index (κ3) is 4.62. The number of carbonyl (C=O) groups excluding carboxylic acids is 2. The molecule has 1 aliphatic carbocycles. The second kappa shape index (κ2) is 10.1. The normalized spacial score (nSPS) is 25.0. The van der Waals surface area contributed by atoms with E-state index < -0.39 is 0 Å². The van der Waals surface area contributed by atoms with Crippen molar-refractivity contribution in [2.45, 2.75) is 50.1 Å². The maximum absolute atomic E-state index is 13.1. The first kappa shape index (κ1) is 24.0. The maximum atomic E-state index is 13.1. The molecule has 2 aromatic rings. The van der Waals surface area contributed by atoms with Gasteiger partial charge in [-0.15, -0.1) is 0 Å². The van der Waals surface area contributed by atoms with Crippen LogP contribution in [0.2, 0.25) is 0 Å². The SMILES string of the molecule is CN(C)C(=O)c1ccc(-c2ccc([C@@H]3[C@@H](CO)N4CCCCN(C(=O)C5CCC5)C[C@H]34)cc2)cc1. The first-order valence-electron chi connectivity index (χ1n) is 13.1. The molecule has 2 aromatic carbocycles. The molecule has 0 radical (unpaired) electrons. The standard InChI is InChI=1S/C29H37N3O3/c1-30(2)28(34)24-14-10-21(11-15-24)20-8-12-22(13-9-20)27-25-18-31(29(35)23-6-5-7-23)16-3-4-17-32(25)26(27)19-33/h8-15,23,25-27,33H,3-7,16-19H2,1-2H3/t25-,26-,27+/m1/s1. The van der Waals surface area contributed by atoms with E-state index in [1.165, 1.54) is 12.0 Å². The highest BCUT2D eigenvalue weighted by Gasteiger charge is 2.49. The van der Waals surface area contributed by atoms with Crippen LogP contribution in [0.3, 0.4) is 0 Å². The number of fused-ring (bicyclic) bond motifs is 1. The minimum atomic E-state index is 0.000477. The minimum Gasteiger partial charge on any atom is -0.395 e. The lowest BCUT2D eigenvalue weighted by Gasteiger charge is -2.57. The quantitative estimate of drug-likeness (QED) is 0.718. The lowest BCUT2D eigenvalue weighted by Crippen LogP contribution is -2.68. The van der Waals surface area contributed by atoms with Gasteiger partial charge in [-0.05, 0) is 61.1 Å². The summed E-state index contributed by atoms with van der Waals surface area (Å²) in [6.45, 7) is 2.76. The Bertz CT molecular complexity index is 1050. The number of hydrogen-bond donors (Lipinski definition) is 1. The second-order valence-corrected chi connectivity index (χ2v) is 10.6. The van der Waals surface area contributed by atoms with E-state index >= 15 is 0 Å². The summed E-state index contributed by atoms with van der Waals surface area (Å²) in [4.78, 5) is 31.4. The van der Waals surface area contributed by atoms with Gasteiger partial charge in [-0.1, -0.05) is 42.8 Å². The van der Waals surface area contributed by atoms with Crippen molar-refractivity contribution >= 4 is 11.8 Å². The van der Waals surface area contributed by atoms with Crippen molar-refractivity contribution in [2.24, 2.45) is 5.92 Å². The molecule has 186 valence electrons. The monoisotopic (exact) mass is 475 g/mol. The van der Waals surface area contributed by atoms with E-state index in [0.717, 1.165) is 56.4 Å². The Hall–Kier alpha value is -2.70. The summed E-state index contributed by atoms with van der Waals surface area (Å²) in [5.74, 6) is 0.800. The van der Waals surface area contributed by atoms with Crippen molar-refractivity contribution in [1.29, 1.82) is 0 Å². The van der Waals surface area contributed by atoms with Crippen LogP contribution in [-0.4, -0.2) is 84.0 Å². The zero-order valence-corrected chi connectivity index (χ0v) is 20.9. The number of rotatable bonds is 5. The van der Waals surface area contributed by atoms with Crippen molar-refractivity contribution in [3.8, 4) is 11.1 Å². The largest absolute Gasteiger partial charge is 0.395 e. The van der Waals surface area contributed by atoms with Gasteiger partial charge >= 0.3 is 0 Å². The highest BCUT2D eigenvalue weighted by molar-refractivity contribution is 5.94. The third-order valence-corrected chi connectivity index (χ3v) is 8.30. The van der Waals surface area contributed by atoms with Crippen LogP contribution in [0.15, 0.2) is 48.5 Å². The van der Waals surface area contributed by atoms with Crippen molar-refractivity contribution in [1.82, 2.24) is 14.7 Å². The molecule has 3 atom stereocenters. The van der Waals surface area contributed by atoms with Crippen LogP contribution in [0.25, 0.3) is 11.1 Å². The summed E-state index contributed by atoms with van der Waals surface area (Å²) in [6.07, 6.45) is 5.36. The Morgan fingerprint density at radius 1 is 0.914 bits per heavy atom. The van der Waals surface area contributed by atoms with Gasteiger partial charge in [-0.2, -0.15) is 0 Å². The zero-order valence-electron chi connectivity index (χ0n) is 20.9. The molecule has 3 fully saturated rings. The lowest BCUT2D eigenvalue weighted by atomic mass is 9.74. The van der Waals surface area contributed by atoms with Gasteiger partial charge in [0.15, 0.2) is 0 Å². The van der Waals surface area contributed by atoms with E-state index in [9.17, 15) is 14.7 Å². The molecule has 1 saturated carbocycles. The third-order valence-electron chi connectivity index (χ3n) is 8.30. The molecule has 2 amide bonds. The minimum absolute atomic E-state index is 0.000477. The van der Waals surface area contributed by atoms with Gasteiger partial charge < -0.3 is 14.9 Å². The number of benzene rings is 2. The van der Waals surface area contributed by atoms with Crippen LogP contribution >= 0.6 is 0 Å². The zero-order chi connectivity index (χ0) is 24.5. The van der Waals surface area contributed by atoms with Gasteiger partial charge in [0.1, 0.15) is 0 Å². The number of aliphatic hydroxyl groups excluding tert-OH is 1. The molecule has 0 spiro atoms. The molecule has 2 aliphatic heterocycles. The fraction of sp³-hybridized carbons (Fsp3) is 0.517. The Labute approximate surface area is 208 Å². The smallest absolute Gasteiger partial charge is 0.253 e. The topological polar surface area (TPSA) is 64.1 Å². The first-order valence-corrected chi connectivity index (χ1v) is 13.1. The van der Waals surface area contributed by atoms with E-state index in [1.807, 2.05) is 24.3 Å². The van der Waals surface area contributed by atoms with Crippen LogP contribution in [-0.2, 0) is 4.79 Å². The molecule has 2 saturated heterocycles. The van der Waals surface area contributed by atoms with Gasteiger partial charge in [0.25, 0.3) is 5.91 Å². The molecule has 0 aromatic heterocycles. The van der Waals surface area contributed by atoms with Crippen molar-refractivity contribution in [3.63, 3.8) is 0 Å². The molecule has 0 unspecified atom stereocenters. The fourth-order valence-electron chi connectivity index (χ4n) is 6.02. The van der Waals surface area contributed by atoms with Crippen LogP contribution < -0.4 is 0 Å². The predicted molar refractivity (Wildman–Crippen MR) is 137 cm³/mol. The van der Waals surface area contributed by atoms with E-state index in [-0.39, 0.29) is 36.4 Å². The maximum Gasteiger partial charge on any atom is 0.253 e. The van der Waals surface area contributed by atoms with Gasteiger partial charge in [0.05, 0.1) is 6.61 Å².